The molecule has 178 valence electrons. The summed E-state index contributed by atoms with van der Waals surface area (Å²) in [6.07, 6.45) is 2.45. The van der Waals surface area contributed by atoms with Crippen molar-refractivity contribution in [2.45, 2.75) is 33.4 Å². The molecule has 1 amide bonds. The van der Waals surface area contributed by atoms with Gasteiger partial charge in [-0.2, -0.15) is 5.10 Å². The fourth-order valence-electron chi connectivity index (χ4n) is 4.33. The zero-order valence-electron chi connectivity index (χ0n) is 19.6. The molecule has 0 radical (unpaired) electrons. The van der Waals surface area contributed by atoms with Crippen LogP contribution in [0, 0.1) is 5.82 Å². The summed E-state index contributed by atoms with van der Waals surface area (Å²) in [6.45, 7) is 7.67. The van der Waals surface area contributed by atoms with Crippen LogP contribution in [0.2, 0.25) is 0 Å². The van der Waals surface area contributed by atoms with Gasteiger partial charge >= 0.3 is 0 Å². The molecule has 0 saturated heterocycles. The Kier molecular flexibility index (Phi) is 7.37. The van der Waals surface area contributed by atoms with Crippen LogP contribution in [0.25, 0.3) is 21.8 Å². The van der Waals surface area contributed by atoms with Gasteiger partial charge in [0.15, 0.2) is 0 Å². The molecule has 2 aromatic heterocycles. The van der Waals surface area contributed by atoms with Gasteiger partial charge in [0.25, 0.3) is 5.56 Å². The molecule has 34 heavy (non-hydrogen) atoms. The first-order valence-electron chi connectivity index (χ1n) is 11.7. The number of aromatic nitrogens is 3. The molecular formula is C26H30FN5O2. The first-order chi connectivity index (χ1) is 16.5. The summed E-state index contributed by atoms with van der Waals surface area (Å²) < 4.78 is 17.4. The van der Waals surface area contributed by atoms with E-state index in [1.807, 2.05) is 28.8 Å². The number of rotatable bonds is 10. The van der Waals surface area contributed by atoms with Crippen molar-refractivity contribution < 1.29 is 9.18 Å². The van der Waals surface area contributed by atoms with Crippen molar-refractivity contribution >= 4 is 27.7 Å². The molecule has 8 heteroatoms. The highest BCUT2D eigenvalue weighted by Crippen LogP contribution is 2.27. The summed E-state index contributed by atoms with van der Waals surface area (Å²) >= 11 is 0. The Morgan fingerprint density at radius 2 is 1.79 bits per heavy atom. The van der Waals surface area contributed by atoms with E-state index in [2.05, 4.69) is 29.2 Å². The number of hydrogen-bond donors (Lipinski definition) is 1. The van der Waals surface area contributed by atoms with Crippen molar-refractivity contribution in [1.29, 1.82) is 0 Å². The smallest absolute Gasteiger partial charge is 0.291 e. The summed E-state index contributed by atoms with van der Waals surface area (Å²) in [5.74, 6) is -0.586. The summed E-state index contributed by atoms with van der Waals surface area (Å²) in [6, 6.07) is 14.1. The normalized spacial score (nSPS) is 11.5. The molecule has 0 saturated carbocycles. The summed E-state index contributed by atoms with van der Waals surface area (Å²) in [4.78, 5) is 28.2. The average molecular weight is 464 g/mol. The molecule has 0 aliphatic rings. The zero-order valence-corrected chi connectivity index (χ0v) is 19.6. The molecule has 0 bridgehead atoms. The lowest BCUT2D eigenvalue weighted by atomic mass is 10.2. The van der Waals surface area contributed by atoms with Crippen molar-refractivity contribution in [3.8, 4) is 0 Å². The minimum atomic E-state index is -0.372. The van der Waals surface area contributed by atoms with Crippen LogP contribution in [-0.4, -0.2) is 51.3 Å². The number of hydrogen-bond acceptors (Lipinski definition) is 4. The molecule has 4 rings (SSSR count). The number of fused-ring (bicyclic) bond motifs is 3. The predicted octanol–water partition coefficient (Wildman–Crippen LogP) is 3.39. The maximum Gasteiger partial charge on any atom is 0.291 e. The quantitative estimate of drug-likeness (QED) is 0.366. The van der Waals surface area contributed by atoms with Crippen molar-refractivity contribution in [2.24, 2.45) is 0 Å². The Bertz CT molecular complexity index is 1360. The third kappa shape index (κ3) is 4.87. The summed E-state index contributed by atoms with van der Waals surface area (Å²) in [5, 5.41) is 8.70. The Hall–Kier alpha value is -3.52. The number of nitrogens with one attached hydrogen (secondary N) is 1. The van der Waals surface area contributed by atoms with E-state index in [1.165, 1.54) is 10.7 Å². The number of nitrogens with zero attached hydrogens (tertiary/aromatic N) is 4. The molecule has 0 atom stereocenters. The first kappa shape index (κ1) is 23.6. The van der Waals surface area contributed by atoms with Crippen LogP contribution in [0.15, 0.2) is 59.5 Å². The molecular weight excluding hydrogens is 433 g/mol. The van der Waals surface area contributed by atoms with Crippen LogP contribution in [0.1, 0.15) is 25.8 Å². The highest BCUT2D eigenvalue weighted by Gasteiger charge is 2.18. The molecule has 0 unspecified atom stereocenters. The summed E-state index contributed by atoms with van der Waals surface area (Å²) in [7, 11) is 0. The Morgan fingerprint density at radius 3 is 2.56 bits per heavy atom. The standard InChI is InChI=1S/C26H30FN5O2/c1-3-30(4-2)15-9-14-28-24(33)18-32-26(34)25-21(16-29-32)20-11-6-8-13-23(20)31(25)17-19-10-5-7-12-22(19)27/h5-8,10-13,16H,3-4,9,14-15,17-18H2,1-2H3,(H,28,33). The topological polar surface area (TPSA) is 72.2 Å². The van der Waals surface area contributed by atoms with Crippen molar-refractivity contribution in [1.82, 2.24) is 24.6 Å². The van der Waals surface area contributed by atoms with Gasteiger partial charge in [0.05, 0.1) is 12.7 Å². The van der Waals surface area contributed by atoms with Crippen LogP contribution >= 0.6 is 0 Å². The highest BCUT2D eigenvalue weighted by molar-refractivity contribution is 6.07. The van der Waals surface area contributed by atoms with Gasteiger partial charge in [0, 0.05) is 28.4 Å². The molecule has 2 heterocycles. The largest absolute Gasteiger partial charge is 0.354 e. The summed E-state index contributed by atoms with van der Waals surface area (Å²) in [5.41, 5.74) is 1.34. The fourth-order valence-corrected chi connectivity index (χ4v) is 4.33. The molecule has 2 aromatic carbocycles. The van der Waals surface area contributed by atoms with Gasteiger partial charge in [-0.25, -0.2) is 9.07 Å². The number of halogens is 1. The minimum Gasteiger partial charge on any atom is -0.354 e. The molecule has 0 aliphatic heterocycles. The van der Waals surface area contributed by atoms with E-state index in [1.54, 1.807) is 24.4 Å². The van der Waals surface area contributed by atoms with E-state index in [0.29, 0.717) is 23.0 Å². The Labute approximate surface area is 197 Å². The number of benzene rings is 2. The second-order valence-corrected chi connectivity index (χ2v) is 8.29. The molecule has 4 aromatic rings. The lowest BCUT2D eigenvalue weighted by Gasteiger charge is -2.17. The molecule has 0 aliphatic carbocycles. The van der Waals surface area contributed by atoms with E-state index >= 15 is 0 Å². The molecule has 1 N–H and O–H groups in total. The first-order valence-corrected chi connectivity index (χ1v) is 11.7. The van der Waals surface area contributed by atoms with Crippen molar-refractivity contribution in [2.75, 3.05) is 26.2 Å². The zero-order chi connectivity index (χ0) is 24.1. The van der Waals surface area contributed by atoms with Gasteiger partial charge in [-0.3, -0.25) is 9.59 Å². The fraction of sp³-hybridized carbons (Fsp3) is 0.346. The van der Waals surface area contributed by atoms with Gasteiger partial charge in [-0.05, 0) is 38.2 Å². The third-order valence-electron chi connectivity index (χ3n) is 6.22. The van der Waals surface area contributed by atoms with Gasteiger partial charge in [0.2, 0.25) is 5.91 Å². The van der Waals surface area contributed by atoms with Gasteiger partial charge < -0.3 is 14.8 Å². The van der Waals surface area contributed by atoms with Crippen LogP contribution in [-0.2, 0) is 17.9 Å². The van der Waals surface area contributed by atoms with Crippen LogP contribution in [0.3, 0.4) is 0 Å². The van der Waals surface area contributed by atoms with E-state index in [-0.39, 0.29) is 30.4 Å². The van der Waals surface area contributed by atoms with E-state index in [9.17, 15) is 14.0 Å². The van der Waals surface area contributed by atoms with Gasteiger partial charge in [0.1, 0.15) is 17.9 Å². The average Bonchev–Trinajstić information content (AvgIpc) is 3.16. The van der Waals surface area contributed by atoms with Crippen LogP contribution in [0.5, 0.6) is 0 Å². The van der Waals surface area contributed by atoms with Crippen LogP contribution < -0.4 is 10.9 Å². The lowest BCUT2D eigenvalue weighted by Crippen LogP contribution is -2.35. The number of carbonyl (C=O) groups excluding carboxylic acids is 1. The van der Waals surface area contributed by atoms with Gasteiger partial charge in [-0.1, -0.05) is 50.2 Å². The number of amides is 1. The van der Waals surface area contributed by atoms with Crippen molar-refractivity contribution in [3.05, 3.63) is 76.5 Å². The van der Waals surface area contributed by atoms with Gasteiger partial charge in [-0.15, -0.1) is 0 Å². The molecule has 0 spiro atoms. The molecule has 7 nitrogen and oxygen atoms in total. The number of carbonyl (C=O) groups is 1. The third-order valence-corrected chi connectivity index (χ3v) is 6.22. The predicted molar refractivity (Wildman–Crippen MR) is 132 cm³/mol. The number of para-hydroxylation sites is 1. The highest BCUT2D eigenvalue weighted by atomic mass is 19.1. The molecule has 0 fully saturated rings. The maximum absolute atomic E-state index is 14.4. The Balaban J connectivity index is 1.61. The van der Waals surface area contributed by atoms with E-state index in [0.717, 1.165) is 37.0 Å². The maximum atomic E-state index is 14.4. The second-order valence-electron chi connectivity index (χ2n) is 8.29. The Morgan fingerprint density at radius 1 is 1.06 bits per heavy atom. The second kappa shape index (κ2) is 10.6. The van der Waals surface area contributed by atoms with Crippen LogP contribution in [0.4, 0.5) is 4.39 Å². The monoisotopic (exact) mass is 463 g/mol. The van der Waals surface area contributed by atoms with E-state index in [4.69, 9.17) is 0 Å². The SMILES string of the molecule is CCN(CC)CCCNC(=O)Cn1ncc2c3ccccc3n(Cc3ccccc3F)c2c1=O. The lowest BCUT2D eigenvalue weighted by molar-refractivity contribution is -0.121. The van der Waals surface area contributed by atoms with E-state index < -0.39 is 0 Å². The minimum absolute atomic E-state index is 0.165. The van der Waals surface area contributed by atoms with Crippen molar-refractivity contribution in [3.63, 3.8) is 0 Å².